The van der Waals surface area contributed by atoms with Crippen LogP contribution in [0.4, 0.5) is 23.2 Å². The van der Waals surface area contributed by atoms with Crippen LogP contribution in [-0.2, 0) is 38.8 Å². The Kier molecular flexibility index (Phi) is 11.8. The van der Waals surface area contributed by atoms with Gasteiger partial charge < -0.3 is 10.2 Å². The Balaban J connectivity index is 1.61. The average Bonchev–Trinajstić information content (AvgIpc) is 3.10. The number of benzene rings is 4. The number of sulfonamides is 1. The van der Waals surface area contributed by atoms with E-state index < -0.39 is 69.2 Å². The SMILES string of the molecule is O=C(NC1CCCCC1)[C@@H](Cc1ccccc1)N(Cc1ccccc1F)C(=O)CN(c1ccc(Cl)c(C(F)(F)F)c1)S(=O)(=O)c1ccccc1. The summed E-state index contributed by atoms with van der Waals surface area (Å²) in [6.45, 7) is -1.43. The lowest BCUT2D eigenvalue weighted by Crippen LogP contribution is -2.55. The van der Waals surface area contributed by atoms with Gasteiger partial charge in [-0.2, -0.15) is 13.2 Å². The zero-order valence-electron chi connectivity index (χ0n) is 27.0. The highest BCUT2D eigenvalue weighted by atomic mass is 35.5. The van der Waals surface area contributed by atoms with Crippen LogP contribution in [0.5, 0.6) is 0 Å². The topological polar surface area (TPSA) is 86.8 Å². The number of nitrogens with one attached hydrogen (secondary N) is 1. The summed E-state index contributed by atoms with van der Waals surface area (Å²) in [5.74, 6) is -2.09. The number of hydrogen-bond donors (Lipinski definition) is 1. The van der Waals surface area contributed by atoms with Gasteiger partial charge in [-0.05, 0) is 54.8 Å². The second-order valence-corrected chi connectivity index (χ2v) is 14.4. The van der Waals surface area contributed by atoms with Crippen molar-refractivity contribution in [2.24, 2.45) is 0 Å². The number of nitrogens with zero attached hydrogens (tertiary/aromatic N) is 2. The highest BCUT2D eigenvalue weighted by molar-refractivity contribution is 7.92. The largest absolute Gasteiger partial charge is 0.417 e. The molecule has 0 unspecified atom stereocenters. The third kappa shape index (κ3) is 9.02. The van der Waals surface area contributed by atoms with Crippen molar-refractivity contribution in [1.82, 2.24) is 10.2 Å². The van der Waals surface area contributed by atoms with Crippen molar-refractivity contribution < 1.29 is 35.6 Å². The van der Waals surface area contributed by atoms with Gasteiger partial charge in [0.25, 0.3) is 10.0 Å². The molecule has 13 heteroatoms. The molecule has 1 fully saturated rings. The van der Waals surface area contributed by atoms with E-state index in [4.69, 9.17) is 11.6 Å². The number of alkyl halides is 3. The van der Waals surface area contributed by atoms with E-state index in [1.165, 1.54) is 42.5 Å². The van der Waals surface area contributed by atoms with Crippen LogP contribution in [0.2, 0.25) is 5.02 Å². The molecule has 4 aromatic rings. The lowest BCUT2D eigenvalue weighted by Gasteiger charge is -2.35. The molecule has 1 saturated carbocycles. The van der Waals surface area contributed by atoms with Crippen molar-refractivity contribution in [3.05, 3.63) is 131 Å². The Morgan fingerprint density at radius 1 is 0.860 bits per heavy atom. The number of rotatable bonds is 12. The molecule has 5 rings (SSSR count). The first-order chi connectivity index (χ1) is 23.8. The lowest BCUT2D eigenvalue weighted by atomic mass is 9.94. The zero-order chi connectivity index (χ0) is 35.9. The smallest absolute Gasteiger partial charge is 0.352 e. The van der Waals surface area contributed by atoms with E-state index in [-0.39, 0.29) is 22.9 Å². The third-order valence-corrected chi connectivity index (χ3v) is 10.8. The molecule has 0 saturated heterocycles. The van der Waals surface area contributed by atoms with Crippen LogP contribution < -0.4 is 9.62 Å². The quantitative estimate of drug-likeness (QED) is 0.151. The van der Waals surface area contributed by atoms with Crippen molar-refractivity contribution in [2.45, 2.75) is 68.2 Å². The van der Waals surface area contributed by atoms with Crippen molar-refractivity contribution in [2.75, 3.05) is 10.8 Å². The lowest BCUT2D eigenvalue weighted by molar-refractivity contribution is -0.140. The maximum absolute atomic E-state index is 15.1. The molecule has 0 bridgehead atoms. The number of amides is 2. The third-order valence-electron chi connectivity index (χ3n) is 8.67. The predicted molar refractivity (Wildman–Crippen MR) is 183 cm³/mol. The molecule has 1 aliphatic rings. The van der Waals surface area contributed by atoms with Crippen molar-refractivity contribution in [3.8, 4) is 0 Å². The first-order valence-electron chi connectivity index (χ1n) is 16.2. The van der Waals surface area contributed by atoms with Gasteiger partial charge in [-0.3, -0.25) is 13.9 Å². The number of carbonyl (C=O) groups excluding carboxylic acids is 2. The molecule has 0 spiro atoms. The van der Waals surface area contributed by atoms with E-state index in [9.17, 15) is 31.2 Å². The fraction of sp³-hybridized carbons (Fsp3) is 0.297. The van der Waals surface area contributed by atoms with Crippen LogP contribution in [0.1, 0.15) is 48.8 Å². The molecule has 0 aromatic heterocycles. The number of hydrogen-bond acceptors (Lipinski definition) is 4. The normalized spacial score (nSPS) is 14.5. The molecule has 0 aliphatic heterocycles. The Bertz CT molecular complexity index is 1890. The minimum absolute atomic E-state index is 0.00415. The van der Waals surface area contributed by atoms with E-state index >= 15 is 4.39 Å². The Morgan fingerprint density at radius 3 is 2.12 bits per heavy atom. The zero-order valence-corrected chi connectivity index (χ0v) is 28.5. The summed E-state index contributed by atoms with van der Waals surface area (Å²) in [5, 5.41) is 2.39. The maximum Gasteiger partial charge on any atom is 0.417 e. The summed E-state index contributed by atoms with van der Waals surface area (Å²) in [7, 11) is -4.67. The molecule has 2 amide bonds. The summed E-state index contributed by atoms with van der Waals surface area (Å²) in [6, 6.07) is 22.6. The molecule has 1 atom stereocenters. The fourth-order valence-corrected chi connectivity index (χ4v) is 7.69. The molecule has 4 aromatic carbocycles. The monoisotopic (exact) mass is 729 g/mol. The first kappa shape index (κ1) is 36.9. The second kappa shape index (κ2) is 16.1. The molecular formula is C37H36ClF4N3O4S. The van der Waals surface area contributed by atoms with Crippen molar-refractivity contribution in [1.29, 1.82) is 0 Å². The fourth-order valence-electron chi connectivity index (χ4n) is 6.04. The number of carbonyl (C=O) groups is 2. The van der Waals surface area contributed by atoms with Gasteiger partial charge in [-0.15, -0.1) is 0 Å². The standard InChI is InChI=1S/C37H36ClF4N3O4S/c38-32-21-20-29(23-31(32)37(40,41)42)45(50(48,49)30-17-8-3-9-18-30)25-35(46)44(24-27-14-10-11-19-33(27)39)34(22-26-12-4-1-5-13-26)36(47)43-28-15-6-2-7-16-28/h1,3-5,8-14,17-21,23,28,34H,2,6-7,15-16,22,24-25H2,(H,43,47)/t34-/m1/s1. The van der Waals surface area contributed by atoms with Crippen LogP contribution >= 0.6 is 11.6 Å². The predicted octanol–water partition coefficient (Wildman–Crippen LogP) is 7.78. The van der Waals surface area contributed by atoms with Gasteiger partial charge in [0.1, 0.15) is 18.4 Å². The Morgan fingerprint density at radius 2 is 1.48 bits per heavy atom. The minimum atomic E-state index is -4.94. The summed E-state index contributed by atoms with van der Waals surface area (Å²) in [6.07, 6.45) is -0.583. The summed E-state index contributed by atoms with van der Waals surface area (Å²) >= 11 is 5.87. The van der Waals surface area contributed by atoms with Gasteiger partial charge in [-0.1, -0.05) is 97.6 Å². The second-order valence-electron chi connectivity index (χ2n) is 12.1. The van der Waals surface area contributed by atoms with E-state index in [1.54, 1.807) is 42.5 Å². The van der Waals surface area contributed by atoms with Crippen LogP contribution in [0.25, 0.3) is 0 Å². The van der Waals surface area contributed by atoms with Gasteiger partial charge in [0, 0.05) is 24.6 Å². The first-order valence-corrected chi connectivity index (χ1v) is 18.0. The van der Waals surface area contributed by atoms with Gasteiger partial charge in [-0.25, -0.2) is 12.8 Å². The molecule has 0 radical (unpaired) electrons. The molecule has 0 heterocycles. The van der Waals surface area contributed by atoms with Gasteiger partial charge >= 0.3 is 6.18 Å². The summed E-state index contributed by atoms with van der Waals surface area (Å²) < 4.78 is 85.8. The van der Waals surface area contributed by atoms with Crippen LogP contribution in [-0.4, -0.2) is 43.8 Å². The Labute approximate surface area is 293 Å². The highest BCUT2D eigenvalue weighted by Gasteiger charge is 2.38. The van der Waals surface area contributed by atoms with Gasteiger partial charge in [0.05, 0.1) is 21.2 Å². The van der Waals surface area contributed by atoms with Crippen molar-refractivity contribution >= 4 is 39.1 Å². The Hall–Kier alpha value is -4.42. The molecule has 1 N–H and O–H groups in total. The average molecular weight is 730 g/mol. The molecular weight excluding hydrogens is 694 g/mol. The van der Waals surface area contributed by atoms with Crippen LogP contribution in [0, 0.1) is 5.82 Å². The van der Waals surface area contributed by atoms with Crippen LogP contribution in [0.3, 0.4) is 0 Å². The number of halogens is 5. The van der Waals surface area contributed by atoms with E-state index in [1.807, 2.05) is 0 Å². The van der Waals surface area contributed by atoms with E-state index in [0.29, 0.717) is 15.9 Å². The summed E-state index contributed by atoms with van der Waals surface area (Å²) in [4.78, 5) is 29.5. The molecule has 264 valence electrons. The molecule has 50 heavy (non-hydrogen) atoms. The number of anilines is 1. The van der Waals surface area contributed by atoms with Gasteiger partial charge in [0.2, 0.25) is 11.8 Å². The van der Waals surface area contributed by atoms with Crippen molar-refractivity contribution in [3.63, 3.8) is 0 Å². The highest BCUT2D eigenvalue weighted by Crippen LogP contribution is 2.38. The maximum atomic E-state index is 15.1. The minimum Gasteiger partial charge on any atom is -0.352 e. The molecule has 1 aliphatic carbocycles. The summed E-state index contributed by atoms with van der Waals surface area (Å²) in [5.41, 5.74) is -1.03. The van der Waals surface area contributed by atoms with E-state index in [0.717, 1.165) is 49.1 Å². The van der Waals surface area contributed by atoms with E-state index in [2.05, 4.69) is 5.32 Å². The van der Waals surface area contributed by atoms with Crippen LogP contribution in [0.15, 0.2) is 108 Å². The van der Waals surface area contributed by atoms with Gasteiger partial charge in [0.15, 0.2) is 0 Å². The molecule has 7 nitrogen and oxygen atoms in total.